The molecule has 0 amide bonds. The third-order valence-electron chi connectivity index (χ3n) is 4.84. The van der Waals surface area contributed by atoms with Crippen molar-refractivity contribution in [3.8, 4) is 23.3 Å². The van der Waals surface area contributed by atoms with Crippen LogP contribution in [0.2, 0.25) is 0 Å². The first-order valence-corrected chi connectivity index (χ1v) is 9.55. The van der Waals surface area contributed by atoms with Crippen LogP contribution in [0.1, 0.15) is 29.2 Å². The van der Waals surface area contributed by atoms with Gasteiger partial charge in [0.2, 0.25) is 0 Å². The van der Waals surface area contributed by atoms with Crippen LogP contribution in [0, 0.1) is 11.8 Å². The maximum atomic E-state index is 12.3. The summed E-state index contributed by atoms with van der Waals surface area (Å²) < 4.78 is 23.0. The van der Waals surface area contributed by atoms with Crippen LogP contribution in [0.4, 0.5) is 4.39 Å². The maximum absolute atomic E-state index is 12.3. The molecule has 1 aliphatic heterocycles. The molecular weight excluding hydrogens is 357 g/mol. The number of methoxy groups -OCH3 is 1. The molecule has 0 saturated heterocycles. The number of hydrogen-bond acceptors (Lipinski definition) is 4. The fourth-order valence-electron chi connectivity index (χ4n) is 3.38. The Morgan fingerprint density at radius 2 is 2.11 bits per heavy atom. The molecule has 0 aromatic heterocycles. The van der Waals surface area contributed by atoms with Crippen molar-refractivity contribution in [2.45, 2.75) is 18.9 Å². The van der Waals surface area contributed by atoms with Gasteiger partial charge in [-0.15, -0.1) is 0 Å². The van der Waals surface area contributed by atoms with E-state index in [2.05, 4.69) is 16.7 Å². The molecule has 28 heavy (non-hydrogen) atoms. The summed E-state index contributed by atoms with van der Waals surface area (Å²) >= 11 is 0. The highest BCUT2D eigenvalue weighted by Crippen LogP contribution is 2.27. The second-order valence-electron chi connectivity index (χ2n) is 6.72. The van der Waals surface area contributed by atoms with Crippen molar-refractivity contribution in [2.24, 2.45) is 0 Å². The van der Waals surface area contributed by atoms with E-state index in [1.54, 1.807) is 13.2 Å². The van der Waals surface area contributed by atoms with Gasteiger partial charge in [0, 0.05) is 26.1 Å². The molecule has 0 fully saturated rings. The molecule has 1 N–H and O–H groups in total. The summed E-state index contributed by atoms with van der Waals surface area (Å²) in [4.78, 5) is 2.23. The lowest BCUT2D eigenvalue weighted by Gasteiger charge is -2.20. The molecule has 1 unspecified atom stereocenters. The van der Waals surface area contributed by atoms with Gasteiger partial charge in [-0.3, -0.25) is 4.90 Å². The molecule has 0 aliphatic carbocycles. The van der Waals surface area contributed by atoms with Crippen LogP contribution in [-0.4, -0.2) is 50.0 Å². The summed E-state index contributed by atoms with van der Waals surface area (Å²) in [6.45, 7) is 1.76. The molecule has 148 valence electrons. The fourth-order valence-corrected chi connectivity index (χ4v) is 3.38. The van der Waals surface area contributed by atoms with Crippen LogP contribution in [-0.2, 0) is 6.42 Å². The predicted octanol–water partition coefficient (Wildman–Crippen LogP) is 3.38. The van der Waals surface area contributed by atoms with Crippen LogP contribution >= 0.6 is 0 Å². The van der Waals surface area contributed by atoms with Crippen molar-refractivity contribution >= 4 is 0 Å². The quantitative estimate of drug-likeness (QED) is 0.777. The van der Waals surface area contributed by atoms with Crippen molar-refractivity contribution in [3.63, 3.8) is 0 Å². The third-order valence-corrected chi connectivity index (χ3v) is 4.84. The van der Waals surface area contributed by atoms with E-state index in [4.69, 9.17) is 9.47 Å². The summed E-state index contributed by atoms with van der Waals surface area (Å²) in [5.41, 5.74) is 2.89. The van der Waals surface area contributed by atoms with E-state index >= 15 is 0 Å². The van der Waals surface area contributed by atoms with E-state index in [9.17, 15) is 9.50 Å². The number of rotatable bonds is 6. The second kappa shape index (κ2) is 10.1. The Labute approximate surface area is 165 Å². The summed E-state index contributed by atoms with van der Waals surface area (Å²) in [7, 11) is 1.65. The molecular formula is C23H26FNO3. The lowest BCUT2D eigenvalue weighted by molar-refractivity contribution is 0.121. The molecule has 0 bridgehead atoms. The van der Waals surface area contributed by atoms with E-state index in [-0.39, 0.29) is 6.61 Å². The molecule has 0 saturated carbocycles. The van der Waals surface area contributed by atoms with Crippen molar-refractivity contribution in [1.29, 1.82) is 0 Å². The third kappa shape index (κ3) is 5.25. The zero-order valence-electron chi connectivity index (χ0n) is 16.2. The van der Waals surface area contributed by atoms with Crippen molar-refractivity contribution < 1.29 is 19.0 Å². The number of halogens is 1. The summed E-state index contributed by atoms with van der Waals surface area (Å²) in [5.74, 6) is 7.72. The minimum atomic E-state index is -0.521. The van der Waals surface area contributed by atoms with Crippen LogP contribution in [0.3, 0.4) is 0 Å². The average molecular weight is 383 g/mol. The fraction of sp³-hybridized carbons (Fsp3) is 0.391. The first-order chi connectivity index (χ1) is 13.7. The minimum absolute atomic E-state index is 0.0374. The van der Waals surface area contributed by atoms with E-state index in [0.717, 1.165) is 42.0 Å². The van der Waals surface area contributed by atoms with Gasteiger partial charge in [0.1, 0.15) is 24.8 Å². The number of ether oxygens (including phenoxy) is 2. The van der Waals surface area contributed by atoms with Gasteiger partial charge in [0.15, 0.2) is 0 Å². The number of β-amino-alcohol motifs (C(OH)–C–C–N with tert-alkyl or cyclic N) is 1. The van der Waals surface area contributed by atoms with E-state index < -0.39 is 12.8 Å². The minimum Gasteiger partial charge on any atom is -0.497 e. The van der Waals surface area contributed by atoms with Crippen LogP contribution in [0.25, 0.3) is 0 Å². The topological polar surface area (TPSA) is 41.9 Å². The van der Waals surface area contributed by atoms with Gasteiger partial charge in [-0.05, 0) is 41.8 Å². The average Bonchev–Trinajstić information content (AvgIpc) is 2.88. The van der Waals surface area contributed by atoms with Crippen LogP contribution in [0.5, 0.6) is 11.5 Å². The number of benzene rings is 2. The van der Waals surface area contributed by atoms with Crippen LogP contribution in [0.15, 0.2) is 42.5 Å². The highest BCUT2D eigenvalue weighted by atomic mass is 19.1. The van der Waals surface area contributed by atoms with Crippen molar-refractivity contribution in [2.75, 3.05) is 40.0 Å². The van der Waals surface area contributed by atoms with Gasteiger partial charge in [0.05, 0.1) is 18.8 Å². The van der Waals surface area contributed by atoms with Crippen LogP contribution < -0.4 is 9.47 Å². The lowest BCUT2D eigenvalue weighted by Crippen LogP contribution is -2.29. The first kappa shape index (κ1) is 20.2. The Morgan fingerprint density at radius 3 is 2.93 bits per heavy atom. The maximum Gasteiger partial charge on any atom is 0.135 e. The number of aliphatic hydroxyl groups is 1. The van der Waals surface area contributed by atoms with Gasteiger partial charge in [0.25, 0.3) is 0 Å². The summed E-state index contributed by atoms with van der Waals surface area (Å²) in [5, 5.41) is 10.6. The smallest absolute Gasteiger partial charge is 0.135 e. The standard InChI is InChI=1S/C23H26FNO3/c1-27-20-9-10-21-19(16-20)11-14-25(17-22(21)26)13-5-4-7-18-6-2-3-8-23(18)28-15-12-24/h2-3,6,8-10,16,22,26H,5,11-15,17H2,1H3. The number of alkyl halides is 1. The lowest BCUT2D eigenvalue weighted by atomic mass is 10.0. The molecule has 4 nitrogen and oxygen atoms in total. The molecule has 1 aliphatic rings. The Hall–Kier alpha value is -2.55. The zero-order valence-corrected chi connectivity index (χ0v) is 16.2. The summed E-state index contributed by atoms with van der Waals surface area (Å²) in [6.07, 6.45) is 1.05. The molecule has 5 heteroatoms. The normalized spacial score (nSPS) is 16.5. The number of para-hydroxylation sites is 1. The molecule has 0 radical (unpaired) electrons. The number of fused-ring (bicyclic) bond motifs is 1. The zero-order chi connectivity index (χ0) is 19.8. The Kier molecular flexibility index (Phi) is 7.30. The molecule has 2 aromatic rings. The number of nitrogens with zero attached hydrogens (tertiary/aromatic N) is 1. The van der Waals surface area contributed by atoms with Crippen molar-refractivity contribution in [3.05, 3.63) is 59.2 Å². The first-order valence-electron chi connectivity index (χ1n) is 9.55. The summed E-state index contributed by atoms with van der Waals surface area (Å²) in [6, 6.07) is 13.3. The van der Waals surface area contributed by atoms with Gasteiger partial charge in [-0.2, -0.15) is 0 Å². The molecule has 3 rings (SSSR count). The monoisotopic (exact) mass is 383 g/mol. The van der Waals surface area contributed by atoms with Gasteiger partial charge < -0.3 is 14.6 Å². The molecule has 1 atom stereocenters. The van der Waals surface area contributed by atoms with Gasteiger partial charge in [-0.25, -0.2) is 4.39 Å². The molecule has 2 aromatic carbocycles. The predicted molar refractivity (Wildman–Crippen MR) is 108 cm³/mol. The highest BCUT2D eigenvalue weighted by Gasteiger charge is 2.21. The Bertz CT molecular complexity index is 843. The largest absolute Gasteiger partial charge is 0.497 e. The van der Waals surface area contributed by atoms with Gasteiger partial charge in [-0.1, -0.05) is 30.0 Å². The SMILES string of the molecule is COc1ccc2c(c1)CCN(CCC#Cc1ccccc1OCCF)CC2O. The number of aliphatic hydroxyl groups excluding tert-OH is 1. The molecule has 1 heterocycles. The second-order valence-corrected chi connectivity index (χ2v) is 6.72. The van der Waals surface area contributed by atoms with E-state index in [0.29, 0.717) is 18.7 Å². The van der Waals surface area contributed by atoms with E-state index in [1.165, 1.54) is 0 Å². The number of hydrogen-bond donors (Lipinski definition) is 1. The Balaban J connectivity index is 1.58. The van der Waals surface area contributed by atoms with Crippen molar-refractivity contribution in [1.82, 2.24) is 4.90 Å². The molecule has 0 spiro atoms. The van der Waals surface area contributed by atoms with E-state index in [1.807, 2.05) is 36.4 Å². The van der Waals surface area contributed by atoms with Gasteiger partial charge >= 0.3 is 0 Å². The Morgan fingerprint density at radius 1 is 1.25 bits per heavy atom. The highest BCUT2D eigenvalue weighted by molar-refractivity contribution is 5.45.